The van der Waals surface area contributed by atoms with E-state index in [-0.39, 0.29) is 11.4 Å². The van der Waals surface area contributed by atoms with Gasteiger partial charge in [0.05, 0.1) is 0 Å². The van der Waals surface area contributed by atoms with Gasteiger partial charge in [0.25, 0.3) is 0 Å². The molecule has 0 radical (unpaired) electrons. The lowest BCUT2D eigenvalue weighted by molar-refractivity contribution is -0.138. The van der Waals surface area contributed by atoms with Crippen LogP contribution >= 0.6 is 0 Å². The second-order valence-corrected chi connectivity index (χ2v) is 4.95. The highest BCUT2D eigenvalue weighted by atomic mass is 16.4. The zero-order valence-corrected chi connectivity index (χ0v) is 10.6. The van der Waals surface area contributed by atoms with Gasteiger partial charge in [-0.2, -0.15) is 0 Å². The van der Waals surface area contributed by atoms with Gasteiger partial charge in [0.15, 0.2) is 0 Å². The van der Waals surface area contributed by atoms with Gasteiger partial charge >= 0.3 is 12.0 Å². The van der Waals surface area contributed by atoms with Crippen molar-refractivity contribution >= 4 is 12.0 Å². The van der Waals surface area contributed by atoms with Crippen LogP contribution in [0.4, 0.5) is 4.79 Å². The van der Waals surface area contributed by atoms with Gasteiger partial charge in [0, 0.05) is 6.54 Å². The average molecular weight is 242 g/mol. The van der Waals surface area contributed by atoms with Gasteiger partial charge in [-0.05, 0) is 31.6 Å². The number of carbonyl (C=O) groups excluding carboxylic acids is 1. The highest BCUT2D eigenvalue weighted by Gasteiger charge is 2.32. The maximum atomic E-state index is 11.5. The van der Waals surface area contributed by atoms with Gasteiger partial charge in [-0.1, -0.05) is 19.8 Å². The zero-order valence-electron chi connectivity index (χ0n) is 10.6. The van der Waals surface area contributed by atoms with Crippen LogP contribution in [-0.4, -0.2) is 29.7 Å². The van der Waals surface area contributed by atoms with Crippen molar-refractivity contribution in [2.24, 2.45) is 5.41 Å². The molecule has 0 heterocycles. The standard InChI is InChI=1S/C12H22N2O3/c1-3-12(6-4-5-7-12)8-13-11(17)14-9(2)10(15)16/h9H,3-8H2,1-2H3,(H,15,16)(H2,13,14,17). The van der Waals surface area contributed by atoms with Crippen LogP contribution in [-0.2, 0) is 4.79 Å². The van der Waals surface area contributed by atoms with E-state index in [1.807, 2.05) is 0 Å². The fourth-order valence-corrected chi connectivity index (χ4v) is 2.36. The van der Waals surface area contributed by atoms with Crippen molar-refractivity contribution in [2.75, 3.05) is 6.54 Å². The Kier molecular flexibility index (Phi) is 4.78. The Morgan fingerprint density at radius 3 is 2.41 bits per heavy atom. The monoisotopic (exact) mass is 242 g/mol. The predicted octanol–water partition coefficient (Wildman–Crippen LogP) is 1.73. The summed E-state index contributed by atoms with van der Waals surface area (Å²) in [5.41, 5.74) is 0.226. The summed E-state index contributed by atoms with van der Waals surface area (Å²) in [6, 6.07) is -1.24. The van der Waals surface area contributed by atoms with Crippen molar-refractivity contribution in [2.45, 2.75) is 52.0 Å². The SMILES string of the molecule is CCC1(CNC(=O)NC(C)C(=O)O)CCCC1. The maximum Gasteiger partial charge on any atom is 0.325 e. The van der Waals surface area contributed by atoms with E-state index in [9.17, 15) is 9.59 Å². The van der Waals surface area contributed by atoms with Crippen LogP contribution in [0.3, 0.4) is 0 Å². The first kappa shape index (κ1) is 13.8. The molecule has 1 rings (SSSR count). The van der Waals surface area contributed by atoms with Crippen LogP contribution in [0.15, 0.2) is 0 Å². The van der Waals surface area contributed by atoms with E-state index in [2.05, 4.69) is 17.6 Å². The number of carbonyl (C=O) groups is 2. The fraction of sp³-hybridized carbons (Fsp3) is 0.833. The van der Waals surface area contributed by atoms with E-state index in [1.165, 1.54) is 19.8 Å². The van der Waals surface area contributed by atoms with Crippen LogP contribution < -0.4 is 10.6 Å². The maximum absolute atomic E-state index is 11.5. The molecule has 1 atom stereocenters. The molecule has 0 bridgehead atoms. The molecule has 1 saturated carbocycles. The Labute approximate surface area is 102 Å². The molecule has 5 nitrogen and oxygen atoms in total. The fourth-order valence-electron chi connectivity index (χ4n) is 2.36. The topological polar surface area (TPSA) is 78.4 Å². The molecule has 1 aliphatic rings. The van der Waals surface area contributed by atoms with Crippen molar-refractivity contribution in [3.8, 4) is 0 Å². The largest absolute Gasteiger partial charge is 0.480 e. The zero-order chi connectivity index (χ0) is 12.9. The molecule has 1 unspecified atom stereocenters. The molecule has 5 heteroatoms. The van der Waals surface area contributed by atoms with Crippen LogP contribution in [0.1, 0.15) is 46.0 Å². The summed E-state index contributed by atoms with van der Waals surface area (Å²) >= 11 is 0. The number of urea groups is 1. The first-order chi connectivity index (χ1) is 7.99. The summed E-state index contributed by atoms with van der Waals surface area (Å²) in [5, 5.41) is 13.8. The Bertz CT molecular complexity index is 285. The van der Waals surface area contributed by atoms with Crippen LogP contribution in [0, 0.1) is 5.41 Å². The first-order valence-corrected chi connectivity index (χ1v) is 6.26. The number of carboxylic acid groups (broad SMARTS) is 1. The van der Waals surface area contributed by atoms with E-state index in [1.54, 1.807) is 0 Å². The highest BCUT2D eigenvalue weighted by molar-refractivity contribution is 5.82. The lowest BCUT2D eigenvalue weighted by Gasteiger charge is -2.27. The summed E-state index contributed by atoms with van der Waals surface area (Å²) in [7, 11) is 0. The van der Waals surface area contributed by atoms with Gasteiger partial charge in [0.2, 0.25) is 0 Å². The Balaban J connectivity index is 2.34. The number of hydrogen-bond donors (Lipinski definition) is 3. The van der Waals surface area contributed by atoms with E-state index >= 15 is 0 Å². The molecular formula is C12H22N2O3. The smallest absolute Gasteiger partial charge is 0.325 e. The minimum atomic E-state index is -1.02. The number of hydrogen-bond acceptors (Lipinski definition) is 2. The Morgan fingerprint density at radius 1 is 1.35 bits per heavy atom. The number of amides is 2. The van der Waals surface area contributed by atoms with Gasteiger partial charge < -0.3 is 15.7 Å². The van der Waals surface area contributed by atoms with E-state index in [0.717, 1.165) is 19.3 Å². The molecule has 17 heavy (non-hydrogen) atoms. The lowest BCUT2D eigenvalue weighted by atomic mass is 9.83. The molecular weight excluding hydrogens is 220 g/mol. The number of rotatable bonds is 5. The lowest BCUT2D eigenvalue weighted by Crippen LogP contribution is -2.47. The molecule has 0 saturated heterocycles. The van der Waals surface area contributed by atoms with Gasteiger partial charge in [-0.3, -0.25) is 4.79 Å². The van der Waals surface area contributed by atoms with E-state index in [4.69, 9.17) is 5.11 Å². The minimum absolute atomic E-state index is 0.226. The summed E-state index contributed by atoms with van der Waals surface area (Å²) in [6.07, 6.45) is 5.81. The van der Waals surface area contributed by atoms with E-state index < -0.39 is 12.0 Å². The number of aliphatic carboxylic acids is 1. The molecule has 2 amide bonds. The normalized spacial score (nSPS) is 19.6. The summed E-state index contributed by atoms with van der Waals surface area (Å²) in [6.45, 7) is 4.24. The third kappa shape index (κ3) is 3.91. The molecule has 98 valence electrons. The molecule has 1 fully saturated rings. The second-order valence-electron chi connectivity index (χ2n) is 4.95. The van der Waals surface area contributed by atoms with Crippen LogP contribution in [0.2, 0.25) is 0 Å². The number of carboxylic acids is 1. The molecule has 3 N–H and O–H groups in total. The van der Waals surface area contributed by atoms with Crippen molar-refractivity contribution in [3.05, 3.63) is 0 Å². The summed E-state index contributed by atoms with van der Waals surface area (Å²) in [5.74, 6) is -1.02. The van der Waals surface area contributed by atoms with E-state index in [0.29, 0.717) is 6.54 Å². The predicted molar refractivity (Wildman–Crippen MR) is 64.8 cm³/mol. The summed E-state index contributed by atoms with van der Waals surface area (Å²) in [4.78, 5) is 22.1. The Hall–Kier alpha value is -1.26. The third-order valence-corrected chi connectivity index (χ3v) is 3.76. The molecule has 0 aromatic rings. The number of nitrogens with one attached hydrogen (secondary N) is 2. The summed E-state index contributed by atoms with van der Waals surface area (Å²) < 4.78 is 0. The van der Waals surface area contributed by atoms with Crippen molar-refractivity contribution in [3.63, 3.8) is 0 Å². The Morgan fingerprint density at radius 2 is 1.94 bits per heavy atom. The highest BCUT2D eigenvalue weighted by Crippen LogP contribution is 2.40. The first-order valence-electron chi connectivity index (χ1n) is 6.26. The third-order valence-electron chi connectivity index (χ3n) is 3.76. The van der Waals surface area contributed by atoms with Crippen molar-refractivity contribution < 1.29 is 14.7 Å². The van der Waals surface area contributed by atoms with Gasteiger partial charge in [-0.25, -0.2) is 4.79 Å². The van der Waals surface area contributed by atoms with Gasteiger partial charge in [0.1, 0.15) is 6.04 Å². The molecule has 0 aromatic carbocycles. The molecule has 0 spiro atoms. The molecule has 0 aliphatic heterocycles. The quantitative estimate of drug-likeness (QED) is 0.687. The molecule has 0 aromatic heterocycles. The van der Waals surface area contributed by atoms with Gasteiger partial charge in [-0.15, -0.1) is 0 Å². The van der Waals surface area contributed by atoms with Crippen LogP contribution in [0.25, 0.3) is 0 Å². The minimum Gasteiger partial charge on any atom is -0.480 e. The van der Waals surface area contributed by atoms with Crippen LogP contribution in [0.5, 0.6) is 0 Å². The van der Waals surface area contributed by atoms with Crippen molar-refractivity contribution in [1.82, 2.24) is 10.6 Å². The second kappa shape index (κ2) is 5.89. The molecule has 1 aliphatic carbocycles. The van der Waals surface area contributed by atoms with Crippen molar-refractivity contribution in [1.29, 1.82) is 0 Å². The average Bonchev–Trinajstić information content (AvgIpc) is 2.75.